The van der Waals surface area contributed by atoms with Crippen molar-refractivity contribution in [1.82, 2.24) is 14.5 Å². The molecule has 2 aromatic heterocycles. The van der Waals surface area contributed by atoms with Crippen LogP contribution in [-0.2, 0) is 13.0 Å². The highest BCUT2D eigenvalue weighted by Gasteiger charge is 2.12. The zero-order valence-corrected chi connectivity index (χ0v) is 11.8. The number of fused-ring (bicyclic) bond motifs is 1. The third-order valence-corrected chi connectivity index (χ3v) is 3.32. The van der Waals surface area contributed by atoms with Crippen molar-refractivity contribution < 1.29 is 0 Å². The number of H-pyrrole nitrogens is 2. The van der Waals surface area contributed by atoms with Gasteiger partial charge in [-0.25, -0.2) is 4.79 Å². The lowest BCUT2D eigenvalue weighted by atomic mass is 10.1. The van der Waals surface area contributed by atoms with Crippen molar-refractivity contribution in [3.05, 3.63) is 42.8 Å². The van der Waals surface area contributed by atoms with Crippen LogP contribution in [0.3, 0.4) is 0 Å². The van der Waals surface area contributed by atoms with E-state index in [2.05, 4.69) is 16.9 Å². The zero-order chi connectivity index (χ0) is 14.7. The molecule has 0 unspecified atom stereocenters. The number of rotatable bonds is 5. The topological polar surface area (TPSA) is 87.7 Å². The van der Waals surface area contributed by atoms with E-state index in [1.165, 1.54) is 6.07 Å². The van der Waals surface area contributed by atoms with Crippen LogP contribution in [0.15, 0.2) is 20.4 Å². The monoisotopic (exact) mass is 277 g/mol. The molecule has 0 aromatic carbocycles. The van der Waals surface area contributed by atoms with Gasteiger partial charge in [0, 0.05) is 18.3 Å². The minimum atomic E-state index is -0.623. The number of hydrogen-bond acceptors (Lipinski definition) is 3. The molecule has 0 radical (unpaired) electrons. The lowest BCUT2D eigenvalue weighted by Gasteiger charge is -2.15. The Hall–Kier alpha value is -2.11. The van der Waals surface area contributed by atoms with E-state index in [4.69, 9.17) is 0 Å². The lowest BCUT2D eigenvalue weighted by Crippen LogP contribution is -2.29. The predicted octanol–water partition coefficient (Wildman–Crippen LogP) is 1.13. The van der Waals surface area contributed by atoms with Gasteiger partial charge in [0.05, 0.1) is 0 Å². The summed E-state index contributed by atoms with van der Waals surface area (Å²) in [4.78, 5) is 40.1. The van der Waals surface area contributed by atoms with E-state index in [9.17, 15) is 14.4 Å². The molecule has 0 saturated heterocycles. The van der Waals surface area contributed by atoms with Gasteiger partial charge in [-0.15, -0.1) is 0 Å². The number of unbranched alkanes of at least 4 members (excludes halogenated alkanes) is 1. The third kappa shape index (κ3) is 2.59. The van der Waals surface area contributed by atoms with Crippen molar-refractivity contribution in [1.29, 1.82) is 0 Å². The first-order valence-electron chi connectivity index (χ1n) is 6.97. The van der Waals surface area contributed by atoms with Gasteiger partial charge >= 0.3 is 5.69 Å². The van der Waals surface area contributed by atoms with Crippen molar-refractivity contribution in [3.8, 4) is 0 Å². The van der Waals surface area contributed by atoms with Gasteiger partial charge in [0.25, 0.3) is 5.56 Å². The molecule has 0 fully saturated rings. The van der Waals surface area contributed by atoms with Crippen LogP contribution in [0.1, 0.15) is 38.8 Å². The average Bonchev–Trinajstić information content (AvgIpc) is 2.37. The predicted molar refractivity (Wildman–Crippen MR) is 78.4 cm³/mol. The van der Waals surface area contributed by atoms with E-state index in [0.717, 1.165) is 31.4 Å². The highest BCUT2D eigenvalue weighted by atomic mass is 16.2. The number of pyridine rings is 1. The Morgan fingerprint density at radius 2 is 1.85 bits per heavy atom. The van der Waals surface area contributed by atoms with Crippen molar-refractivity contribution in [2.75, 3.05) is 0 Å². The second-order valence-corrected chi connectivity index (χ2v) is 4.89. The molecule has 0 aliphatic carbocycles. The molecule has 0 spiro atoms. The third-order valence-electron chi connectivity index (χ3n) is 3.32. The summed E-state index contributed by atoms with van der Waals surface area (Å²) in [6.07, 6.45) is 3.55. The average molecular weight is 277 g/mol. The van der Waals surface area contributed by atoms with E-state index in [1.807, 2.05) is 11.5 Å². The first kappa shape index (κ1) is 14.3. The van der Waals surface area contributed by atoms with Crippen molar-refractivity contribution in [2.24, 2.45) is 0 Å². The first-order chi connectivity index (χ1) is 9.58. The molecule has 0 aliphatic rings. The number of hydrogen-bond donors (Lipinski definition) is 2. The van der Waals surface area contributed by atoms with E-state index >= 15 is 0 Å². The van der Waals surface area contributed by atoms with Gasteiger partial charge in [-0.3, -0.25) is 19.6 Å². The van der Waals surface area contributed by atoms with Crippen LogP contribution in [-0.4, -0.2) is 14.5 Å². The van der Waals surface area contributed by atoms with E-state index in [0.29, 0.717) is 12.2 Å². The SMILES string of the molecule is CCCCn1c(CCC)cc(=O)c2c(=O)[nH]c(=O)[nH]c21. The molecule has 20 heavy (non-hydrogen) atoms. The minimum Gasteiger partial charge on any atom is -0.331 e. The molecule has 2 N–H and O–H groups in total. The number of aryl methyl sites for hydroxylation is 2. The van der Waals surface area contributed by atoms with Gasteiger partial charge in [0.15, 0.2) is 5.43 Å². The van der Waals surface area contributed by atoms with Gasteiger partial charge in [0.2, 0.25) is 0 Å². The van der Waals surface area contributed by atoms with Gasteiger partial charge in [-0.2, -0.15) is 0 Å². The van der Waals surface area contributed by atoms with Gasteiger partial charge < -0.3 is 4.57 Å². The molecule has 0 bridgehead atoms. The Morgan fingerprint density at radius 3 is 2.50 bits per heavy atom. The van der Waals surface area contributed by atoms with E-state index in [-0.39, 0.29) is 10.8 Å². The Bertz CT molecular complexity index is 783. The zero-order valence-electron chi connectivity index (χ0n) is 11.8. The number of aromatic nitrogens is 3. The largest absolute Gasteiger partial charge is 0.331 e. The molecule has 2 rings (SSSR count). The highest BCUT2D eigenvalue weighted by Crippen LogP contribution is 2.10. The Kier molecular flexibility index (Phi) is 4.22. The fraction of sp³-hybridized carbons (Fsp3) is 0.500. The maximum absolute atomic E-state index is 12.1. The molecule has 108 valence electrons. The minimum absolute atomic E-state index is 0.0283. The van der Waals surface area contributed by atoms with Crippen LogP contribution in [0.5, 0.6) is 0 Å². The number of nitrogens with zero attached hydrogens (tertiary/aromatic N) is 1. The van der Waals surface area contributed by atoms with Gasteiger partial charge in [-0.1, -0.05) is 26.7 Å². The number of aromatic amines is 2. The van der Waals surface area contributed by atoms with Crippen LogP contribution < -0.4 is 16.7 Å². The van der Waals surface area contributed by atoms with Crippen molar-refractivity contribution in [3.63, 3.8) is 0 Å². The summed E-state index contributed by atoms with van der Waals surface area (Å²) >= 11 is 0. The maximum Gasteiger partial charge on any atom is 0.327 e. The summed E-state index contributed by atoms with van der Waals surface area (Å²) in [6.45, 7) is 4.78. The van der Waals surface area contributed by atoms with Crippen LogP contribution in [0.4, 0.5) is 0 Å². The molecule has 0 saturated carbocycles. The molecule has 0 amide bonds. The van der Waals surface area contributed by atoms with Crippen LogP contribution in [0, 0.1) is 0 Å². The molecular weight excluding hydrogens is 258 g/mol. The second-order valence-electron chi connectivity index (χ2n) is 4.89. The normalized spacial score (nSPS) is 11.1. The summed E-state index contributed by atoms with van der Waals surface area (Å²) in [5, 5.41) is 0.0283. The Balaban J connectivity index is 2.84. The molecule has 2 heterocycles. The summed E-state index contributed by atoms with van der Waals surface area (Å²) in [5.74, 6) is 0. The van der Waals surface area contributed by atoms with E-state index < -0.39 is 11.2 Å². The van der Waals surface area contributed by atoms with Crippen LogP contribution in [0.2, 0.25) is 0 Å². The van der Waals surface area contributed by atoms with Crippen molar-refractivity contribution >= 4 is 11.0 Å². The molecule has 0 aliphatic heterocycles. The molecule has 0 atom stereocenters. The summed E-state index contributed by atoms with van der Waals surface area (Å²) in [6, 6.07) is 1.51. The second kappa shape index (κ2) is 5.90. The quantitative estimate of drug-likeness (QED) is 0.858. The van der Waals surface area contributed by atoms with Crippen LogP contribution >= 0.6 is 0 Å². The van der Waals surface area contributed by atoms with Crippen LogP contribution in [0.25, 0.3) is 11.0 Å². The van der Waals surface area contributed by atoms with Gasteiger partial charge in [0.1, 0.15) is 11.0 Å². The number of nitrogens with one attached hydrogen (secondary N) is 2. The Morgan fingerprint density at radius 1 is 1.10 bits per heavy atom. The Labute approximate surface area is 115 Å². The van der Waals surface area contributed by atoms with E-state index in [1.54, 1.807) is 0 Å². The molecular formula is C14H19N3O3. The van der Waals surface area contributed by atoms with Gasteiger partial charge in [-0.05, 0) is 12.8 Å². The summed E-state index contributed by atoms with van der Waals surface area (Å²) in [7, 11) is 0. The van der Waals surface area contributed by atoms with Crippen molar-refractivity contribution in [2.45, 2.75) is 46.1 Å². The molecule has 6 nitrogen and oxygen atoms in total. The summed E-state index contributed by atoms with van der Waals surface area (Å²) < 4.78 is 1.89. The fourth-order valence-electron chi connectivity index (χ4n) is 2.39. The standard InChI is InChI=1S/C14H19N3O3/c1-3-5-7-17-9(6-4-2)8-10(18)11-12(17)15-14(20)16-13(11)19/h8H,3-7H2,1-2H3,(H2,15,16,19,20). The molecule has 6 heteroatoms. The summed E-state index contributed by atoms with van der Waals surface area (Å²) in [5.41, 5.74) is -0.348. The lowest BCUT2D eigenvalue weighted by molar-refractivity contribution is 0.609. The highest BCUT2D eigenvalue weighted by molar-refractivity contribution is 5.73. The fourth-order valence-corrected chi connectivity index (χ4v) is 2.39. The first-order valence-corrected chi connectivity index (χ1v) is 6.97. The smallest absolute Gasteiger partial charge is 0.327 e. The maximum atomic E-state index is 12.1. The molecule has 2 aromatic rings.